The van der Waals surface area contributed by atoms with E-state index in [1.165, 1.54) is 18.3 Å². The molecule has 2 aromatic rings. The van der Waals surface area contributed by atoms with Gasteiger partial charge in [0, 0.05) is 5.56 Å². The number of rotatable bonds is 4. The van der Waals surface area contributed by atoms with Crippen molar-refractivity contribution in [1.82, 2.24) is 4.83 Å². The summed E-state index contributed by atoms with van der Waals surface area (Å²) >= 11 is 0. The molecule has 0 amide bonds. The van der Waals surface area contributed by atoms with Crippen molar-refractivity contribution in [3.05, 3.63) is 65.2 Å². The molecule has 0 bridgehead atoms. The molecule has 0 saturated carbocycles. The lowest BCUT2D eigenvalue weighted by Crippen LogP contribution is -2.18. The van der Waals surface area contributed by atoms with E-state index in [0.717, 1.165) is 16.7 Å². The van der Waals surface area contributed by atoms with E-state index in [1.54, 1.807) is 36.4 Å². The Bertz CT molecular complexity index is 784. The lowest BCUT2D eigenvalue weighted by atomic mass is 10.1. The van der Waals surface area contributed by atoms with E-state index in [1.807, 2.05) is 6.92 Å². The van der Waals surface area contributed by atoms with Crippen LogP contribution in [0.4, 0.5) is 0 Å². The summed E-state index contributed by atoms with van der Waals surface area (Å²) < 4.78 is 24.0. The second kappa shape index (κ2) is 6.25. The zero-order valence-corrected chi connectivity index (χ0v) is 12.3. The SMILES string of the molecule is C#Cc1ccc(/C=N/NS(=O)(=O)c2ccc(C)cc2)cc1. The fourth-order valence-corrected chi connectivity index (χ4v) is 2.40. The Labute approximate surface area is 124 Å². The van der Waals surface area contributed by atoms with Crippen molar-refractivity contribution in [1.29, 1.82) is 0 Å². The highest BCUT2D eigenvalue weighted by Gasteiger charge is 2.11. The summed E-state index contributed by atoms with van der Waals surface area (Å²) in [5.41, 5.74) is 2.50. The zero-order chi connectivity index (χ0) is 15.3. The molecule has 0 aliphatic heterocycles. The van der Waals surface area contributed by atoms with Gasteiger partial charge in [0.2, 0.25) is 0 Å². The fourth-order valence-electron chi connectivity index (χ4n) is 1.61. The van der Waals surface area contributed by atoms with Crippen LogP contribution in [0.5, 0.6) is 0 Å². The summed E-state index contributed by atoms with van der Waals surface area (Å²) in [6.07, 6.45) is 6.68. The molecule has 0 unspecified atom stereocenters. The molecular formula is C16H14N2O2S. The molecule has 106 valence electrons. The van der Waals surface area contributed by atoms with Gasteiger partial charge >= 0.3 is 0 Å². The smallest absolute Gasteiger partial charge is 0.200 e. The number of nitrogens with one attached hydrogen (secondary N) is 1. The summed E-state index contributed by atoms with van der Waals surface area (Å²) in [5, 5.41) is 3.75. The van der Waals surface area contributed by atoms with E-state index >= 15 is 0 Å². The molecule has 1 N–H and O–H groups in total. The summed E-state index contributed by atoms with van der Waals surface area (Å²) in [4.78, 5) is 2.35. The molecule has 0 heterocycles. The van der Waals surface area contributed by atoms with Gasteiger partial charge < -0.3 is 0 Å². The number of hydrogen-bond donors (Lipinski definition) is 1. The number of nitrogens with zero attached hydrogens (tertiary/aromatic N) is 1. The summed E-state index contributed by atoms with van der Waals surface area (Å²) in [5.74, 6) is 2.50. The maximum absolute atomic E-state index is 12.0. The van der Waals surface area contributed by atoms with Crippen molar-refractivity contribution in [2.24, 2.45) is 5.10 Å². The van der Waals surface area contributed by atoms with Gasteiger partial charge in [-0.05, 0) is 36.8 Å². The van der Waals surface area contributed by atoms with E-state index in [4.69, 9.17) is 6.42 Å². The predicted octanol–water partition coefficient (Wildman–Crippen LogP) is 2.29. The molecule has 2 aromatic carbocycles. The fraction of sp³-hybridized carbons (Fsp3) is 0.0625. The normalized spacial score (nSPS) is 11.2. The third-order valence-electron chi connectivity index (χ3n) is 2.80. The largest absolute Gasteiger partial charge is 0.276 e. The van der Waals surface area contributed by atoms with Gasteiger partial charge in [0.05, 0.1) is 11.1 Å². The topological polar surface area (TPSA) is 58.5 Å². The first-order chi connectivity index (χ1) is 10.0. The van der Waals surface area contributed by atoms with Crippen molar-refractivity contribution < 1.29 is 8.42 Å². The molecule has 0 spiro atoms. The van der Waals surface area contributed by atoms with Gasteiger partial charge in [0.15, 0.2) is 0 Å². The molecule has 0 atom stereocenters. The third kappa shape index (κ3) is 3.94. The standard InChI is InChI=1S/C16H14N2O2S/c1-3-14-6-8-15(9-7-14)12-17-18-21(19,20)16-10-4-13(2)5-11-16/h1,4-12,18H,2H3/b17-12+. The zero-order valence-electron chi connectivity index (χ0n) is 11.4. The molecule has 0 fully saturated rings. The quantitative estimate of drug-likeness (QED) is 0.535. The predicted molar refractivity (Wildman–Crippen MR) is 83.5 cm³/mol. The first-order valence-electron chi connectivity index (χ1n) is 6.19. The van der Waals surface area contributed by atoms with Crippen LogP contribution in [0.15, 0.2) is 58.5 Å². The lowest BCUT2D eigenvalue weighted by molar-refractivity contribution is 0.584. The molecule has 21 heavy (non-hydrogen) atoms. The first kappa shape index (κ1) is 14.8. The van der Waals surface area contributed by atoms with Crippen LogP contribution in [0.3, 0.4) is 0 Å². The maximum atomic E-state index is 12.0. The lowest BCUT2D eigenvalue weighted by Gasteiger charge is -2.03. The molecule has 0 aliphatic rings. The van der Waals surface area contributed by atoms with Crippen LogP contribution in [-0.2, 0) is 10.0 Å². The van der Waals surface area contributed by atoms with Gasteiger partial charge in [-0.25, -0.2) is 4.83 Å². The molecule has 4 nitrogen and oxygen atoms in total. The van der Waals surface area contributed by atoms with Crippen LogP contribution in [0, 0.1) is 19.3 Å². The third-order valence-corrected chi connectivity index (χ3v) is 4.03. The van der Waals surface area contributed by atoms with E-state index in [2.05, 4.69) is 15.9 Å². The summed E-state index contributed by atoms with van der Waals surface area (Å²) in [6, 6.07) is 13.6. The highest BCUT2D eigenvalue weighted by Crippen LogP contribution is 2.09. The van der Waals surface area contributed by atoms with Crippen LogP contribution in [0.25, 0.3) is 0 Å². The minimum absolute atomic E-state index is 0.174. The summed E-state index contributed by atoms with van der Waals surface area (Å²) in [7, 11) is -3.64. The number of sulfonamides is 1. The monoisotopic (exact) mass is 298 g/mol. The van der Waals surface area contributed by atoms with Gasteiger partial charge in [-0.2, -0.15) is 13.5 Å². The number of benzene rings is 2. The second-order valence-corrected chi connectivity index (χ2v) is 6.09. The Hall–Kier alpha value is -2.58. The first-order valence-corrected chi connectivity index (χ1v) is 7.68. The van der Waals surface area contributed by atoms with E-state index < -0.39 is 10.0 Å². The number of hydrazone groups is 1. The molecule has 0 radical (unpaired) electrons. The number of hydrogen-bond acceptors (Lipinski definition) is 3. The minimum Gasteiger partial charge on any atom is -0.200 e. The van der Waals surface area contributed by atoms with Gasteiger partial charge in [-0.15, -0.1) is 6.42 Å². The van der Waals surface area contributed by atoms with Gasteiger partial charge in [0.25, 0.3) is 10.0 Å². The Morgan fingerprint density at radius 1 is 1.10 bits per heavy atom. The molecular weight excluding hydrogens is 284 g/mol. The summed E-state index contributed by atoms with van der Waals surface area (Å²) in [6.45, 7) is 1.89. The molecule has 0 aromatic heterocycles. The molecule has 0 aliphatic carbocycles. The highest BCUT2D eigenvalue weighted by atomic mass is 32.2. The van der Waals surface area contributed by atoms with Gasteiger partial charge in [-0.3, -0.25) is 0 Å². The average Bonchev–Trinajstić information content (AvgIpc) is 2.48. The second-order valence-electron chi connectivity index (χ2n) is 4.43. The van der Waals surface area contributed by atoms with E-state index in [0.29, 0.717) is 0 Å². The van der Waals surface area contributed by atoms with Crippen LogP contribution in [0.1, 0.15) is 16.7 Å². The van der Waals surface area contributed by atoms with Gasteiger partial charge in [0.1, 0.15) is 0 Å². The number of aryl methyl sites for hydroxylation is 1. The van der Waals surface area contributed by atoms with Crippen molar-refractivity contribution in [2.45, 2.75) is 11.8 Å². The van der Waals surface area contributed by atoms with E-state index in [-0.39, 0.29) is 4.90 Å². The Kier molecular flexibility index (Phi) is 4.41. The Morgan fingerprint density at radius 2 is 1.71 bits per heavy atom. The Balaban J connectivity index is 2.09. The average molecular weight is 298 g/mol. The van der Waals surface area contributed by atoms with Crippen LogP contribution >= 0.6 is 0 Å². The van der Waals surface area contributed by atoms with Crippen molar-refractivity contribution >= 4 is 16.2 Å². The highest BCUT2D eigenvalue weighted by molar-refractivity contribution is 7.89. The maximum Gasteiger partial charge on any atom is 0.276 e. The van der Waals surface area contributed by atoms with Crippen molar-refractivity contribution in [3.8, 4) is 12.3 Å². The molecule has 2 rings (SSSR count). The van der Waals surface area contributed by atoms with E-state index in [9.17, 15) is 8.42 Å². The number of terminal acetylenes is 1. The van der Waals surface area contributed by atoms with Crippen molar-refractivity contribution in [3.63, 3.8) is 0 Å². The van der Waals surface area contributed by atoms with Crippen LogP contribution in [-0.4, -0.2) is 14.6 Å². The minimum atomic E-state index is -3.64. The Morgan fingerprint density at radius 3 is 2.29 bits per heavy atom. The molecule has 5 heteroatoms. The van der Waals surface area contributed by atoms with Gasteiger partial charge in [-0.1, -0.05) is 35.7 Å². The van der Waals surface area contributed by atoms with Crippen molar-refractivity contribution in [2.75, 3.05) is 0 Å². The molecule has 0 saturated heterocycles. The van der Waals surface area contributed by atoms with Crippen LogP contribution < -0.4 is 4.83 Å². The van der Waals surface area contributed by atoms with Crippen LogP contribution in [0.2, 0.25) is 0 Å².